The van der Waals surface area contributed by atoms with Crippen LogP contribution >= 0.6 is 11.3 Å². The van der Waals surface area contributed by atoms with Crippen molar-refractivity contribution < 1.29 is 27.8 Å². The summed E-state index contributed by atoms with van der Waals surface area (Å²) in [5.41, 5.74) is 0.843. The summed E-state index contributed by atoms with van der Waals surface area (Å²) in [7, 11) is 0. The van der Waals surface area contributed by atoms with Crippen LogP contribution in [0.2, 0.25) is 0 Å². The lowest BCUT2D eigenvalue weighted by Crippen LogP contribution is -2.30. The number of anilines is 1. The Labute approximate surface area is 161 Å². The number of amides is 1. The van der Waals surface area contributed by atoms with Gasteiger partial charge in [-0.05, 0) is 25.1 Å². The Morgan fingerprint density at radius 2 is 1.93 bits per heavy atom. The Bertz CT molecular complexity index is 1020. The SMILES string of the molecule is CC(OC(=O)c1cc[n+]([O-])cc1)C(=O)Nc1nc(-c2ccc(F)c(F)c2)cs1. The zero-order chi connectivity index (χ0) is 20.3. The standard InChI is InChI=1S/C18H13F2N3O4S/c1-10(27-17(25)11-4-6-23(26)7-5-11)16(24)22-18-21-15(9-28-18)12-2-3-13(19)14(20)8-12/h2-10H,1H3,(H,21,22,24). The van der Waals surface area contributed by atoms with Gasteiger partial charge in [-0.3, -0.25) is 10.1 Å². The molecule has 0 radical (unpaired) electrons. The van der Waals surface area contributed by atoms with E-state index >= 15 is 0 Å². The van der Waals surface area contributed by atoms with Gasteiger partial charge in [0, 0.05) is 23.1 Å². The van der Waals surface area contributed by atoms with Gasteiger partial charge in [0.15, 0.2) is 35.3 Å². The lowest BCUT2D eigenvalue weighted by atomic mass is 10.2. The number of carbonyl (C=O) groups is 2. The van der Waals surface area contributed by atoms with Crippen LogP contribution in [0.1, 0.15) is 17.3 Å². The number of hydrogen-bond acceptors (Lipinski definition) is 6. The highest BCUT2D eigenvalue weighted by atomic mass is 32.1. The van der Waals surface area contributed by atoms with E-state index in [1.54, 1.807) is 5.38 Å². The van der Waals surface area contributed by atoms with E-state index in [0.717, 1.165) is 35.9 Å². The number of rotatable bonds is 5. The molecule has 7 nitrogen and oxygen atoms in total. The first-order chi connectivity index (χ1) is 13.3. The molecule has 10 heteroatoms. The lowest BCUT2D eigenvalue weighted by molar-refractivity contribution is -0.605. The van der Waals surface area contributed by atoms with E-state index in [1.807, 2.05) is 0 Å². The number of thiazole rings is 1. The molecule has 0 bridgehead atoms. The highest BCUT2D eigenvalue weighted by molar-refractivity contribution is 7.14. The van der Waals surface area contributed by atoms with Gasteiger partial charge < -0.3 is 9.94 Å². The molecule has 2 aromatic heterocycles. The molecule has 1 amide bonds. The molecule has 1 aromatic carbocycles. The summed E-state index contributed by atoms with van der Waals surface area (Å²) in [5.74, 6) is -3.34. The van der Waals surface area contributed by atoms with Gasteiger partial charge in [0.2, 0.25) is 0 Å². The van der Waals surface area contributed by atoms with Crippen LogP contribution in [0.25, 0.3) is 11.3 Å². The van der Waals surface area contributed by atoms with Crippen molar-refractivity contribution in [3.8, 4) is 11.3 Å². The number of aromatic nitrogens is 2. The van der Waals surface area contributed by atoms with E-state index in [4.69, 9.17) is 4.74 Å². The molecule has 0 fully saturated rings. The van der Waals surface area contributed by atoms with Gasteiger partial charge in [-0.15, -0.1) is 11.3 Å². The van der Waals surface area contributed by atoms with Crippen LogP contribution < -0.4 is 10.0 Å². The van der Waals surface area contributed by atoms with Crippen molar-refractivity contribution in [3.63, 3.8) is 0 Å². The number of esters is 1. The van der Waals surface area contributed by atoms with Gasteiger partial charge in [0.05, 0.1) is 11.3 Å². The topological polar surface area (TPSA) is 95.2 Å². The first-order valence-corrected chi connectivity index (χ1v) is 8.83. The van der Waals surface area contributed by atoms with Crippen molar-refractivity contribution in [3.05, 3.63) is 70.5 Å². The number of hydrogen-bond donors (Lipinski definition) is 1. The fourth-order valence-electron chi connectivity index (χ4n) is 2.16. The third-order valence-corrected chi connectivity index (χ3v) is 4.40. The van der Waals surface area contributed by atoms with E-state index in [-0.39, 0.29) is 10.7 Å². The zero-order valence-electron chi connectivity index (χ0n) is 14.4. The highest BCUT2D eigenvalue weighted by Crippen LogP contribution is 2.26. The average Bonchev–Trinajstić information content (AvgIpc) is 3.12. The largest absolute Gasteiger partial charge is 0.619 e. The fourth-order valence-corrected chi connectivity index (χ4v) is 2.88. The quantitative estimate of drug-likeness (QED) is 0.400. The molecule has 0 saturated carbocycles. The van der Waals surface area contributed by atoms with E-state index < -0.39 is 29.6 Å². The second-order valence-corrected chi connectivity index (χ2v) is 6.51. The Morgan fingerprint density at radius 1 is 1.21 bits per heavy atom. The van der Waals surface area contributed by atoms with Crippen LogP contribution in [0, 0.1) is 16.8 Å². The smallest absolute Gasteiger partial charge is 0.339 e. The van der Waals surface area contributed by atoms with Crippen molar-refractivity contribution in [2.75, 3.05) is 5.32 Å². The van der Waals surface area contributed by atoms with E-state index in [0.29, 0.717) is 16.0 Å². The summed E-state index contributed by atoms with van der Waals surface area (Å²) >= 11 is 1.08. The fraction of sp³-hybridized carbons (Fsp3) is 0.111. The summed E-state index contributed by atoms with van der Waals surface area (Å²) in [4.78, 5) is 28.3. The molecule has 0 aliphatic carbocycles. The molecule has 2 heterocycles. The predicted molar refractivity (Wildman–Crippen MR) is 96.4 cm³/mol. The van der Waals surface area contributed by atoms with Gasteiger partial charge in [-0.25, -0.2) is 18.6 Å². The number of nitrogens with one attached hydrogen (secondary N) is 1. The number of ether oxygens (including phenoxy) is 1. The molecule has 0 spiro atoms. The summed E-state index contributed by atoms with van der Waals surface area (Å²) in [5, 5.41) is 15.2. The third kappa shape index (κ3) is 4.46. The molecule has 0 aliphatic heterocycles. The van der Waals surface area contributed by atoms with Crippen molar-refractivity contribution >= 4 is 28.3 Å². The molecular weight excluding hydrogens is 392 g/mol. The van der Waals surface area contributed by atoms with Crippen molar-refractivity contribution in [2.45, 2.75) is 13.0 Å². The van der Waals surface area contributed by atoms with E-state index in [1.165, 1.54) is 25.1 Å². The first kappa shape index (κ1) is 19.4. The molecular formula is C18H13F2N3O4S. The summed E-state index contributed by atoms with van der Waals surface area (Å²) in [6.45, 7) is 1.38. The molecule has 1 N–H and O–H groups in total. The van der Waals surface area contributed by atoms with Crippen molar-refractivity contribution in [2.24, 2.45) is 0 Å². The Hall–Kier alpha value is -3.40. The van der Waals surface area contributed by atoms with Crippen molar-refractivity contribution in [1.82, 2.24) is 4.98 Å². The van der Waals surface area contributed by atoms with Gasteiger partial charge in [-0.1, -0.05) is 0 Å². The minimum atomic E-state index is -1.12. The molecule has 0 aliphatic rings. The summed E-state index contributed by atoms with van der Waals surface area (Å²) < 4.78 is 31.9. The molecule has 28 heavy (non-hydrogen) atoms. The van der Waals surface area contributed by atoms with Crippen LogP contribution in [0.5, 0.6) is 0 Å². The number of nitrogens with zero attached hydrogens (tertiary/aromatic N) is 2. The average molecular weight is 405 g/mol. The van der Waals surface area contributed by atoms with Crippen LogP contribution in [-0.4, -0.2) is 23.0 Å². The van der Waals surface area contributed by atoms with Gasteiger partial charge in [-0.2, -0.15) is 4.73 Å². The Morgan fingerprint density at radius 3 is 2.61 bits per heavy atom. The maximum Gasteiger partial charge on any atom is 0.339 e. The molecule has 3 rings (SSSR count). The molecule has 0 saturated heterocycles. The van der Waals surface area contributed by atoms with Crippen LogP contribution in [0.15, 0.2) is 48.1 Å². The van der Waals surface area contributed by atoms with E-state index in [9.17, 15) is 23.6 Å². The monoisotopic (exact) mass is 405 g/mol. The number of carbonyl (C=O) groups excluding carboxylic acids is 2. The molecule has 3 aromatic rings. The van der Waals surface area contributed by atoms with Crippen LogP contribution in [-0.2, 0) is 9.53 Å². The highest BCUT2D eigenvalue weighted by Gasteiger charge is 2.20. The lowest BCUT2D eigenvalue weighted by Gasteiger charge is -2.12. The van der Waals surface area contributed by atoms with E-state index in [2.05, 4.69) is 10.3 Å². The van der Waals surface area contributed by atoms with Gasteiger partial charge in [0.25, 0.3) is 5.91 Å². The van der Waals surface area contributed by atoms with Crippen molar-refractivity contribution in [1.29, 1.82) is 0 Å². The Balaban J connectivity index is 1.62. The predicted octanol–water partition coefficient (Wildman–Crippen LogP) is 2.91. The summed E-state index contributed by atoms with van der Waals surface area (Å²) in [6, 6.07) is 5.91. The Kier molecular flexibility index (Phi) is 5.59. The maximum atomic E-state index is 13.3. The van der Waals surface area contributed by atoms with Crippen LogP contribution in [0.4, 0.5) is 13.9 Å². The second-order valence-electron chi connectivity index (χ2n) is 5.65. The normalized spacial score (nSPS) is 11.7. The molecule has 1 atom stereocenters. The number of pyridine rings is 1. The zero-order valence-corrected chi connectivity index (χ0v) is 15.2. The number of halogens is 2. The summed E-state index contributed by atoms with van der Waals surface area (Å²) in [6.07, 6.45) is 1.15. The molecule has 1 unspecified atom stereocenters. The number of benzene rings is 1. The first-order valence-electron chi connectivity index (χ1n) is 7.95. The molecule has 144 valence electrons. The van der Waals surface area contributed by atoms with Crippen LogP contribution in [0.3, 0.4) is 0 Å². The van der Waals surface area contributed by atoms with Gasteiger partial charge >= 0.3 is 5.97 Å². The maximum absolute atomic E-state index is 13.3. The third-order valence-electron chi connectivity index (χ3n) is 3.64. The second kappa shape index (κ2) is 8.09. The minimum Gasteiger partial charge on any atom is -0.619 e. The van der Waals surface area contributed by atoms with Gasteiger partial charge in [0.1, 0.15) is 0 Å². The minimum absolute atomic E-state index is 0.127.